The Balaban J connectivity index is 1.50. The van der Waals surface area contributed by atoms with Crippen molar-refractivity contribution in [1.29, 1.82) is 0 Å². The van der Waals surface area contributed by atoms with Gasteiger partial charge in [-0.2, -0.15) is 0 Å². The Labute approximate surface area is 197 Å². The summed E-state index contributed by atoms with van der Waals surface area (Å²) in [7, 11) is 3.24. The third-order valence-electron chi connectivity index (χ3n) is 6.84. The van der Waals surface area contributed by atoms with Gasteiger partial charge in [0, 0.05) is 47.9 Å². The van der Waals surface area contributed by atoms with Gasteiger partial charge in [-0.25, -0.2) is 4.79 Å². The first kappa shape index (κ1) is 21.0. The molecule has 0 spiro atoms. The molecule has 34 heavy (non-hydrogen) atoms. The molecule has 7 heteroatoms. The number of esters is 1. The summed E-state index contributed by atoms with van der Waals surface area (Å²) in [5.74, 6) is 0.983. The molecule has 0 atom stereocenters. The molecule has 0 saturated carbocycles. The lowest BCUT2D eigenvalue weighted by Gasteiger charge is -2.26. The number of carbonyl (C=O) groups excluding carboxylic acids is 1. The molecule has 0 unspecified atom stereocenters. The van der Waals surface area contributed by atoms with Crippen LogP contribution in [-0.4, -0.2) is 56.4 Å². The summed E-state index contributed by atoms with van der Waals surface area (Å²) in [5, 5.41) is 3.09. The number of benzene rings is 3. The first-order valence-electron chi connectivity index (χ1n) is 11.5. The van der Waals surface area contributed by atoms with Crippen LogP contribution in [0.4, 0.5) is 0 Å². The molecule has 0 radical (unpaired) electrons. The number of fused-ring (bicyclic) bond motifs is 3. The Hall–Kier alpha value is -3.55. The van der Waals surface area contributed by atoms with E-state index in [9.17, 15) is 4.79 Å². The van der Waals surface area contributed by atoms with E-state index >= 15 is 0 Å². The number of ether oxygens (including phenoxy) is 4. The number of hydrogen-bond donors (Lipinski definition) is 1. The molecule has 1 N–H and O–H groups in total. The maximum atomic E-state index is 12.8. The van der Waals surface area contributed by atoms with Gasteiger partial charge in [-0.05, 0) is 46.2 Å². The van der Waals surface area contributed by atoms with E-state index in [1.54, 1.807) is 14.2 Å². The summed E-state index contributed by atoms with van der Waals surface area (Å²) in [6.45, 7) is 4.61. The zero-order valence-corrected chi connectivity index (χ0v) is 19.3. The molecular formula is C27H26N2O5. The lowest BCUT2D eigenvalue weighted by Crippen LogP contribution is -2.35. The van der Waals surface area contributed by atoms with E-state index in [4.69, 9.17) is 18.9 Å². The van der Waals surface area contributed by atoms with Crippen LogP contribution in [0, 0.1) is 0 Å². The van der Waals surface area contributed by atoms with Gasteiger partial charge in [-0.15, -0.1) is 0 Å². The van der Waals surface area contributed by atoms with Crippen molar-refractivity contribution >= 4 is 27.6 Å². The lowest BCUT2D eigenvalue weighted by atomic mass is 9.90. The summed E-state index contributed by atoms with van der Waals surface area (Å²) >= 11 is 0. The average molecular weight is 459 g/mol. The van der Waals surface area contributed by atoms with E-state index in [-0.39, 0.29) is 12.6 Å². The van der Waals surface area contributed by atoms with Crippen molar-refractivity contribution in [3.05, 3.63) is 59.3 Å². The van der Waals surface area contributed by atoms with Gasteiger partial charge in [0.05, 0.1) is 33.0 Å². The zero-order chi connectivity index (χ0) is 23.2. The molecular weight excluding hydrogens is 432 g/mol. The molecule has 1 aromatic heterocycles. The maximum absolute atomic E-state index is 12.8. The molecule has 3 aromatic carbocycles. The molecule has 1 saturated heterocycles. The Morgan fingerprint density at radius 1 is 0.971 bits per heavy atom. The number of rotatable bonds is 5. The van der Waals surface area contributed by atoms with Crippen LogP contribution in [0.15, 0.2) is 42.6 Å². The molecule has 2 aliphatic rings. The number of carbonyl (C=O) groups is 1. The first-order valence-corrected chi connectivity index (χ1v) is 11.5. The second-order valence-corrected chi connectivity index (χ2v) is 8.75. The minimum atomic E-state index is -0.290. The average Bonchev–Trinajstić information content (AvgIpc) is 3.45. The van der Waals surface area contributed by atoms with Crippen LogP contribution in [0.2, 0.25) is 0 Å². The monoisotopic (exact) mass is 458 g/mol. The van der Waals surface area contributed by atoms with Crippen LogP contribution >= 0.6 is 0 Å². The van der Waals surface area contributed by atoms with E-state index in [0.29, 0.717) is 17.1 Å². The van der Waals surface area contributed by atoms with Gasteiger partial charge >= 0.3 is 5.97 Å². The predicted octanol–water partition coefficient (Wildman–Crippen LogP) is 4.51. The number of cyclic esters (lactones) is 1. The highest BCUT2D eigenvalue weighted by atomic mass is 16.5. The largest absolute Gasteiger partial charge is 0.493 e. The zero-order valence-electron chi connectivity index (χ0n) is 19.3. The minimum Gasteiger partial charge on any atom is -0.493 e. The molecule has 174 valence electrons. The van der Waals surface area contributed by atoms with Gasteiger partial charge in [0.2, 0.25) is 0 Å². The number of nitrogens with zero attached hydrogens (tertiary/aromatic N) is 1. The Morgan fingerprint density at radius 3 is 2.56 bits per heavy atom. The van der Waals surface area contributed by atoms with Crippen molar-refractivity contribution in [2.45, 2.75) is 13.2 Å². The van der Waals surface area contributed by atoms with Gasteiger partial charge in [0.1, 0.15) is 6.61 Å². The van der Waals surface area contributed by atoms with E-state index in [1.165, 1.54) is 10.9 Å². The van der Waals surface area contributed by atoms with Crippen LogP contribution in [0.25, 0.3) is 32.8 Å². The summed E-state index contributed by atoms with van der Waals surface area (Å²) in [5.41, 5.74) is 5.64. The minimum absolute atomic E-state index is 0.278. The second kappa shape index (κ2) is 8.34. The van der Waals surface area contributed by atoms with E-state index in [0.717, 1.165) is 65.8 Å². The van der Waals surface area contributed by atoms with Gasteiger partial charge in [0.25, 0.3) is 0 Å². The standard InChI is InChI=1S/C27H26N2O5/c1-31-23-11-17-9-18-15-34-27(30)26(18)25(21(17)12-24(23)32-2)16-3-4-20-19(13-28-22(20)10-16)14-29-5-7-33-8-6-29/h3-4,9-13,28H,5-8,14-15H2,1-2H3. The fraction of sp³-hybridized carbons (Fsp3) is 0.296. The summed E-state index contributed by atoms with van der Waals surface area (Å²) in [4.78, 5) is 18.6. The number of nitrogens with one attached hydrogen (secondary N) is 1. The molecule has 0 amide bonds. The van der Waals surface area contributed by atoms with Gasteiger partial charge in [-0.1, -0.05) is 12.1 Å². The van der Waals surface area contributed by atoms with Crippen molar-refractivity contribution in [2.75, 3.05) is 40.5 Å². The van der Waals surface area contributed by atoms with E-state index in [1.807, 2.05) is 18.2 Å². The number of hydrogen-bond acceptors (Lipinski definition) is 6. The van der Waals surface area contributed by atoms with Crippen molar-refractivity contribution < 1.29 is 23.7 Å². The van der Waals surface area contributed by atoms with Crippen LogP contribution in [0.5, 0.6) is 11.5 Å². The number of methoxy groups -OCH3 is 2. The smallest absolute Gasteiger partial charge is 0.339 e. The highest BCUT2D eigenvalue weighted by Crippen LogP contribution is 2.43. The molecule has 3 heterocycles. The fourth-order valence-corrected chi connectivity index (χ4v) is 5.12. The number of aromatic nitrogens is 1. The van der Waals surface area contributed by atoms with Crippen molar-refractivity contribution in [2.24, 2.45) is 0 Å². The summed E-state index contributed by atoms with van der Waals surface area (Å²) < 4.78 is 22.0. The summed E-state index contributed by atoms with van der Waals surface area (Å²) in [6, 6.07) is 12.3. The first-order chi connectivity index (χ1) is 16.7. The van der Waals surface area contributed by atoms with Crippen LogP contribution in [0.3, 0.4) is 0 Å². The number of morpholine rings is 1. The molecule has 0 aliphatic carbocycles. The normalized spacial score (nSPS) is 16.1. The SMILES string of the molecule is COc1cc2cc3c(c(-c4ccc5c(CN6CCOCC6)c[nH]c5c4)c2cc1OC)C(=O)OC3. The molecule has 1 fully saturated rings. The predicted molar refractivity (Wildman–Crippen MR) is 130 cm³/mol. The van der Waals surface area contributed by atoms with Crippen molar-refractivity contribution in [3.63, 3.8) is 0 Å². The number of aromatic amines is 1. The van der Waals surface area contributed by atoms with E-state index in [2.05, 4.69) is 34.3 Å². The Kier molecular flexibility index (Phi) is 5.16. The third-order valence-corrected chi connectivity index (χ3v) is 6.84. The molecule has 0 bridgehead atoms. The molecule has 6 rings (SSSR count). The van der Waals surface area contributed by atoms with Crippen molar-refractivity contribution in [3.8, 4) is 22.6 Å². The Morgan fingerprint density at radius 2 is 1.76 bits per heavy atom. The van der Waals surface area contributed by atoms with E-state index < -0.39 is 0 Å². The van der Waals surface area contributed by atoms with Crippen LogP contribution in [0.1, 0.15) is 21.5 Å². The van der Waals surface area contributed by atoms with Crippen LogP contribution in [-0.2, 0) is 22.6 Å². The van der Waals surface area contributed by atoms with Gasteiger partial charge in [-0.3, -0.25) is 4.90 Å². The Bertz CT molecular complexity index is 1420. The topological polar surface area (TPSA) is 73.0 Å². The quantitative estimate of drug-likeness (QED) is 0.444. The van der Waals surface area contributed by atoms with Gasteiger partial charge in [0.15, 0.2) is 11.5 Å². The van der Waals surface area contributed by atoms with Crippen LogP contribution < -0.4 is 9.47 Å². The third kappa shape index (κ3) is 3.40. The molecule has 7 nitrogen and oxygen atoms in total. The highest BCUT2D eigenvalue weighted by molar-refractivity contribution is 6.12. The maximum Gasteiger partial charge on any atom is 0.339 e. The second-order valence-electron chi connectivity index (χ2n) is 8.75. The summed E-state index contributed by atoms with van der Waals surface area (Å²) in [6.07, 6.45) is 2.08. The molecule has 4 aromatic rings. The fourth-order valence-electron chi connectivity index (χ4n) is 5.12. The highest BCUT2D eigenvalue weighted by Gasteiger charge is 2.28. The number of H-pyrrole nitrogens is 1. The lowest BCUT2D eigenvalue weighted by molar-refractivity contribution is 0.0343. The molecule has 2 aliphatic heterocycles. The van der Waals surface area contributed by atoms with Gasteiger partial charge < -0.3 is 23.9 Å². The van der Waals surface area contributed by atoms with Crippen molar-refractivity contribution in [1.82, 2.24) is 9.88 Å².